The Hall–Kier alpha value is -1.62. The Labute approximate surface area is 95.7 Å². The van der Waals surface area contributed by atoms with Crippen LogP contribution in [0.2, 0.25) is 0 Å². The molecule has 2 aromatic rings. The van der Waals surface area contributed by atoms with Crippen LogP contribution in [-0.2, 0) is 0 Å². The molecule has 0 unspecified atom stereocenters. The Kier molecular flexibility index (Phi) is 1.91. The average molecular weight is 234 g/mol. The summed E-state index contributed by atoms with van der Waals surface area (Å²) in [6, 6.07) is 3.24. The maximum Gasteiger partial charge on any atom is 0.337 e. The van der Waals surface area contributed by atoms with Gasteiger partial charge < -0.3 is 10.8 Å². The first-order valence-corrected chi connectivity index (χ1v) is 5.90. The number of carboxylic acids is 1. The van der Waals surface area contributed by atoms with Gasteiger partial charge in [-0.1, -0.05) is 0 Å². The Bertz CT molecular complexity index is 587. The molecule has 1 aliphatic rings. The van der Waals surface area contributed by atoms with Crippen molar-refractivity contribution in [2.75, 3.05) is 5.73 Å². The van der Waals surface area contributed by atoms with E-state index in [2.05, 4.69) is 4.98 Å². The third kappa shape index (κ3) is 1.44. The van der Waals surface area contributed by atoms with Gasteiger partial charge in [0.1, 0.15) is 0 Å². The Morgan fingerprint density at radius 3 is 2.88 bits per heavy atom. The van der Waals surface area contributed by atoms with Gasteiger partial charge in [-0.15, -0.1) is 11.3 Å². The number of benzene rings is 1. The molecule has 0 atom stereocenters. The topological polar surface area (TPSA) is 76.2 Å². The first-order valence-electron chi connectivity index (χ1n) is 5.08. The zero-order valence-electron chi connectivity index (χ0n) is 8.43. The molecule has 1 heterocycles. The molecule has 0 saturated heterocycles. The summed E-state index contributed by atoms with van der Waals surface area (Å²) in [6.07, 6.45) is 2.33. The van der Waals surface area contributed by atoms with Crippen molar-refractivity contribution in [2.45, 2.75) is 18.8 Å². The van der Waals surface area contributed by atoms with Crippen LogP contribution in [0.25, 0.3) is 10.2 Å². The van der Waals surface area contributed by atoms with E-state index in [4.69, 9.17) is 10.8 Å². The number of rotatable bonds is 2. The average Bonchev–Trinajstić information content (AvgIpc) is 2.98. The van der Waals surface area contributed by atoms with E-state index in [0.717, 1.165) is 22.5 Å². The molecule has 3 rings (SSSR count). The summed E-state index contributed by atoms with van der Waals surface area (Å²) in [6.45, 7) is 0. The summed E-state index contributed by atoms with van der Waals surface area (Å²) < 4.78 is 0.739. The lowest BCUT2D eigenvalue weighted by Crippen LogP contribution is -1.98. The number of nitrogens with two attached hydrogens (primary N) is 1. The lowest BCUT2D eigenvalue weighted by Gasteiger charge is -1.97. The third-order valence-electron chi connectivity index (χ3n) is 2.69. The van der Waals surface area contributed by atoms with E-state index in [0.29, 0.717) is 17.1 Å². The van der Waals surface area contributed by atoms with E-state index in [1.165, 1.54) is 17.4 Å². The number of carbonyl (C=O) groups is 1. The van der Waals surface area contributed by atoms with Crippen molar-refractivity contribution in [1.82, 2.24) is 4.98 Å². The quantitative estimate of drug-likeness (QED) is 0.782. The van der Waals surface area contributed by atoms with Crippen LogP contribution in [0.3, 0.4) is 0 Å². The molecule has 0 amide bonds. The molecule has 0 radical (unpaired) electrons. The van der Waals surface area contributed by atoms with Gasteiger partial charge >= 0.3 is 5.97 Å². The second kappa shape index (κ2) is 3.18. The highest BCUT2D eigenvalue weighted by Crippen LogP contribution is 2.44. The van der Waals surface area contributed by atoms with Crippen molar-refractivity contribution in [3.63, 3.8) is 0 Å². The van der Waals surface area contributed by atoms with E-state index in [1.807, 2.05) is 0 Å². The fourth-order valence-corrected chi connectivity index (χ4v) is 2.96. The van der Waals surface area contributed by atoms with Crippen LogP contribution in [0.4, 0.5) is 5.69 Å². The van der Waals surface area contributed by atoms with Crippen LogP contribution in [0.5, 0.6) is 0 Å². The van der Waals surface area contributed by atoms with E-state index in [-0.39, 0.29) is 5.56 Å². The van der Waals surface area contributed by atoms with E-state index in [1.54, 1.807) is 6.07 Å². The minimum atomic E-state index is -0.941. The van der Waals surface area contributed by atoms with Gasteiger partial charge in [0.2, 0.25) is 0 Å². The number of hydrogen-bond acceptors (Lipinski definition) is 4. The van der Waals surface area contributed by atoms with Crippen molar-refractivity contribution in [2.24, 2.45) is 0 Å². The van der Waals surface area contributed by atoms with Gasteiger partial charge in [0.05, 0.1) is 20.8 Å². The second-order valence-corrected chi connectivity index (χ2v) is 5.08. The molecule has 0 spiro atoms. The number of fused-ring (bicyclic) bond motifs is 1. The van der Waals surface area contributed by atoms with Crippen LogP contribution >= 0.6 is 11.3 Å². The maximum atomic E-state index is 11.1. The predicted molar refractivity (Wildman–Crippen MR) is 63.0 cm³/mol. The van der Waals surface area contributed by atoms with E-state index < -0.39 is 5.97 Å². The van der Waals surface area contributed by atoms with E-state index in [9.17, 15) is 4.79 Å². The van der Waals surface area contributed by atoms with Crippen molar-refractivity contribution in [3.05, 3.63) is 22.7 Å². The van der Waals surface area contributed by atoms with Gasteiger partial charge in [-0.3, -0.25) is 0 Å². The first-order chi connectivity index (χ1) is 7.65. The number of thiazole rings is 1. The summed E-state index contributed by atoms with van der Waals surface area (Å²) in [7, 11) is 0. The third-order valence-corrected chi connectivity index (χ3v) is 3.95. The van der Waals surface area contributed by atoms with Crippen LogP contribution in [0, 0.1) is 0 Å². The van der Waals surface area contributed by atoms with Crippen LogP contribution in [0.1, 0.15) is 34.1 Å². The molecular weight excluding hydrogens is 224 g/mol. The zero-order chi connectivity index (χ0) is 11.3. The van der Waals surface area contributed by atoms with E-state index >= 15 is 0 Å². The highest BCUT2D eigenvalue weighted by atomic mass is 32.1. The number of nitrogens with zero attached hydrogens (tertiary/aromatic N) is 1. The predicted octanol–water partition coefficient (Wildman–Crippen LogP) is 2.45. The molecule has 16 heavy (non-hydrogen) atoms. The molecular formula is C11H10N2O2S. The summed E-state index contributed by atoms with van der Waals surface area (Å²) >= 11 is 1.48. The number of carboxylic acid groups (broad SMARTS) is 1. The standard InChI is InChI=1S/C11H10N2O2S/c12-6-3-7(11(14)15)9-8(4-6)13-10(16-9)5-1-2-5/h3-5H,1-2,12H2,(H,14,15). The van der Waals surface area contributed by atoms with Crippen LogP contribution in [0.15, 0.2) is 12.1 Å². The molecule has 1 aromatic carbocycles. The Morgan fingerprint density at radius 2 is 2.25 bits per heavy atom. The minimum absolute atomic E-state index is 0.263. The molecule has 1 aromatic heterocycles. The van der Waals surface area contributed by atoms with Crippen LogP contribution in [-0.4, -0.2) is 16.1 Å². The number of anilines is 1. The van der Waals surface area contributed by atoms with Gasteiger partial charge in [-0.05, 0) is 25.0 Å². The number of nitrogen functional groups attached to an aromatic ring is 1. The lowest BCUT2D eigenvalue weighted by atomic mass is 10.2. The first kappa shape index (κ1) is 9.59. The van der Waals surface area contributed by atoms with Gasteiger partial charge in [-0.25, -0.2) is 9.78 Å². The van der Waals surface area contributed by atoms with Crippen molar-refractivity contribution < 1.29 is 9.90 Å². The molecule has 1 fully saturated rings. The van der Waals surface area contributed by atoms with Crippen LogP contribution < -0.4 is 5.73 Å². The molecule has 4 nitrogen and oxygen atoms in total. The largest absolute Gasteiger partial charge is 0.478 e. The summed E-state index contributed by atoms with van der Waals surface area (Å²) in [5.41, 5.74) is 7.10. The van der Waals surface area contributed by atoms with Gasteiger partial charge in [-0.2, -0.15) is 0 Å². The number of hydrogen-bond donors (Lipinski definition) is 2. The zero-order valence-corrected chi connectivity index (χ0v) is 9.25. The Balaban J connectivity index is 2.27. The molecule has 5 heteroatoms. The lowest BCUT2D eigenvalue weighted by molar-refractivity contribution is 0.0699. The molecule has 1 saturated carbocycles. The summed E-state index contributed by atoms with van der Waals surface area (Å²) in [5, 5.41) is 10.1. The smallest absolute Gasteiger partial charge is 0.337 e. The molecule has 0 bridgehead atoms. The van der Waals surface area contributed by atoms with Gasteiger partial charge in [0.15, 0.2) is 0 Å². The molecule has 0 aliphatic heterocycles. The Morgan fingerprint density at radius 1 is 1.50 bits per heavy atom. The van der Waals surface area contributed by atoms with Crippen molar-refractivity contribution >= 4 is 33.2 Å². The van der Waals surface area contributed by atoms with Gasteiger partial charge in [0.25, 0.3) is 0 Å². The van der Waals surface area contributed by atoms with Crippen molar-refractivity contribution in [3.8, 4) is 0 Å². The number of aromatic carboxylic acids is 1. The second-order valence-electron chi connectivity index (χ2n) is 4.05. The fourth-order valence-electron chi connectivity index (χ4n) is 1.74. The SMILES string of the molecule is Nc1cc(C(=O)O)c2sc(C3CC3)nc2c1. The van der Waals surface area contributed by atoms with Gasteiger partial charge in [0, 0.05) is 11.6 Å². The normalized spacial score (nSPS) is 15.5. The minimum Gasteiger partial charge on any atom is -0.478 e. The number of aromatic nitrogens is 1. The highest BCUT2D eigenvalue weighted by molar-refractivity contribution is 7.19. The summed E-state index contributed by atoms with van der Waals surface area (Å²) in [5.74, 6) is -0.399. The molecule has 1 aliphatic carbocycles. The summed E-state index contributed by atoms with van der Waals surface area (Å²) in [4.78, 5) is 15.5. The monoisotopic (exact) mass is 234 g/mol. The fraction of sp³-hybridized carbons (Fsp3) is 0.273. The molecule has 3 N–H and O–H groups in total. The van der Waals surface area contributed by atoms with Crippen molar-refractivity contribution in [1.29, 1.82) is 0 Å². The highest BCUT2D eigenvalue weighted by Gasteiger charge is 2.28. The maximum absolute atomic E-state index is 11.1. The molecule has 82 valence electrons.